The molecule has 0 heterocycles. The van der Waals surface area contributed by atoms with Crippen molar-refractivity contribution in [3.8, 4) is 0 Å². The average Bonchev–Trinajstić information content (AvgIpc) is 2.81. The first-order valence-electron chi connectivity index (χ1n) is 7.86. The second-order valence-corrected chi connectivity index (χ2v) is 7.72. The lowest BCUT2D eigenvalue weighted by molar-refractivity contribution is -0.121. The molecule has 0 spiro atoms. The van der Waals surface area contributed by atoms with Crippen LogP contribution >= 0.6 is 0 Å². The molecule has 0 bridgehead atoms. The molecule has 124 valence electrons. The van der Waals surface area contributed by atoms with E-state index in [1.54, 1.807) is 0 Å². The molecule has 7 heteroatoms. The Morgan fingerprint density at radius 3 is 2.57 bits per heavy atom. The molecule has 2 atom stereocenters. The largest absolute Gasteiger partial charge is 0.356 e. The van der Waals surface area contributed by atoms with Gasteiger partial charge in [-0.2, -0.15) is 0 Å². The van der Waals surface area contributed by atoms with Gasteiger partial charge in [-0.3, -0.25) is 4.79 Å². The van der Waals surface area contributed by atoms with Crippen molar-refractivity contribution in [2.45, 2.75) is 57.4 Å². The quantitative estimate of drug-likeness (QED) is 0.517. The standard InChI is InChI=1S/C14H29N3O3S/c1-21(19,20)17-13-8-6-7-12(13)11-16-14(18)9-4-2-3-5-10-15/h12-13,17H,2-11,15H2,1H3,(H,16,18). The number of hydrogen-bond donors (Lipinski definition) is 3. The summed E-state index contributed by atoms with van der Waals surface area (Å²) in [5, 5.41) is 2.93. The smallest absolute Gasteiger partial charge is 0.220 e. The van der Waals surface area contributed by atoms with Crippen LogP contribution in [0, 0.1) is 5.92 Å². The van der Waals surface area contributed by atoms with Gasteiger partial charge < -0.3 is 11.1 Å². The number of unbranched alkanes of at least 4 members (excludes halogenated alkanes) is 3. The molecule has 1 fully saturated rings. The van der Waals surface area contributed by atoms with Gasteiger partial charge in [-0.15, -0.1) is 0 Å². The van der Waals surface area contributed by atoms with E-state index in [2.05, 4.69) is 10.0 Å². The predicted octanol–water partition coefficient (Wildman–Crippen LogP) is 0.730. The molecule has 6 nitrogen and oxygen atoms in total. The zero-order chi connectivity index (χ0) is 15.7. The van der Waals surface area contributed by atoms with Crippen LogP contribution in [0.15, 0.2) is 0 Å². The maximum atomic E-state index is 11.7. The van der Waals surface area contributed by atoms with E-state index >= 15 is 0 Å². The highest BCUT2D eigenvalue weighted by atomic mass is 32.2. The van der Waals surface area contributed by atoms with Gasteiger partial charge in [-0.05, 0) is 38.1 Å². The zero-order valence-corrected chi connectivity index (χ0v) is 13.8. The van der Waals surface area contributed by atoms with Gasteiger partial charge in [-0.25, -0.2) is 13.1 Å². The molecule has 4 N–H and O–H groups in total. The topological polar surface area (TPSA) is 101 Å². The van der Waals surface area contributed by atoms with Gasteiger partial charge in [0, 0.05) is 19.0 Å². The minimum atomic E-state index is -3.18. The summed E-state index contributed by atoms with van der Waals surface area (Å²) in [5.74, 6) is 0.272. The highest BCUT2D eigenvalue weighted by molar-refractivity contribution is 7.88. The molecule has 21 heavy (non-hydrogen) atoms. The van der Waals surface area contributed by atoms with Gasteiger partial charge in [0.2, 0.25) is 15.9 Å². The normalized spacial score (nSPS) is 22.4. The van der Waals surface area contributed by atoms with E-state index in [0.717, 1.165) is 44.9 Å². The van der Waals surface area contributed by atoms with Gasteiger partial charge >= 0.3 is 0 Å². The number of nitrogens with one attached hydrogen (secondary N) is 2. The number of rotatable bonds is 10. The van der Waals surface area contributed by atoms with E-state index in [0.29, 0.717) is 19.5 Å². The molecule has 0 aliphatic heterocycles. The fourth-order valence-corrected chi connectivity index (χ4v) is 3.69. The molecule has 0 radical (unpaired) electrons. The monoisotopic (exact) mass is 319 g/mol. The van der Waals surface area contributed by atoms with Gasteiger partial charge in [0.25, 0.3) is 0 Å². The first-order chi connectivity index (χ1) is 9.92. The summed E-state index contributed by atoms with van der Waals surface area (Å²) in [5.41, 5.74) is 5.42. The van der Waals surface area contributed by atoms with Crippen molar-refractivity contribution in [3.05, 3.63) is 0 Å². The Hall–Kier alpha value is -0.660. The molecule has 1 amide bonds. The zero-order valence-electron chi connectivity index (χ0n) is 12.9. The Labute approximate surface area is 128 Å². The Bertz CT molecular complexity index is 412. The van der Waals surface area contributed by atoms with Crippen LogP contribution in [0.25, 0.3) is 0 Å². The molecule has 0 aromatic heterocycles. The van der Waals surface area contributed by atoms with E-state index in [4.69, 9.17) is 5.73 Å². The minimum absolute atomic E-state index is 0.0372. The summed E-state index contributed by atoms with van der Waals surface area (Å²) in [6.45, 7) is 1.28. The third kappa shape index (κ3) is 8.38. The first-order valence-corrected chi connectivity index (χ1v) is 9.75. The van der Waals surface area contributed by atoms with Crippen LogP contribution in [-0.4, -0.2) is 39.7 Å². The Kier molecular flexibility index (Phi) is 8.21. The lowest BCUT2D eigenvalue weighted by Gasteiger charge is -2.20. The van der Waals surface area contributed by atoms with Crippen molar-refractivity contribution >= 4 is 15.9 Å². The average molecular weight is 319 g/mol. The number of carbonyl (C=O) groups is 1. The molecule has 0 saturated heterocycles. The number of carbonyl (C=O) groups excluding carboxylic acids is 1. The molecule has 0 aromatic rings. The second-order valence-electron chi connectivity index (χ2n) is 5.94. The minimum Gasteiger partial charge on any atom is -0.356 e. The van der Waals surface area contributed by atoms with Crippen LogP contribution in [0.3, 0.4) is 0 Å². The van der Waals surface area contributed by atoms with Gasteiger partial charge in [0.05, 0.1) is 6.26 Å². The maximum Gasteiger partial charge on any atom is 0.220 e. The third-order valence-corrected chi connectivity index (χ3v) is 4.67. The predicted molar refractivity (Wildman–Crippen MR) is 84.3 cm³/mol. The van der Waals surface area contributed by atoms with E-state index in [9.17, 15) is 13.2 Å². The summed E-state index contributed by atoms with van der Waals surface area (Å²) in [7, 11) is -3.18. The Morgan fingerprint density at radius 1 is 1.19 bits per heavy atom. The molecular weight excluding hydrogens is 290 g/mol. The number of amides is 1. The van der Waals surface area contributed by atoms with Crippen molar-refractivity contribution in [1.82, 2.24) is 10.0 Å². The van der Waals surface area contributed by atoms with Crippen molar-refractivity contribution in [3.63, 3.8) is 0 Å². The molecular formula is C14H29N3O3S. The summed E-state index contributed by atoms with van der Waals surface area (Å²) in [4.78, 5) is 11.7. The molecule has 1 rings (SSSR count). The van der Waals surface area contributed by atoms with Crippen LogP contribution in [-0.2, 0) is 14.8 Å². The molecule has 0 aromatic carbocycles. The number of sulfonamides is 1. The van der Waals surface area contributed by atoms with Crippen LogP contribution in [0.4, 0.5) is 0 Å². The van der Waals surface area contributed by atoms with Crippen molar-refractivity contribution in [2.24, 2.45) is 11.7 Å². The molecule has 2 unspecified atom stereocenters. The highest BCUT2D eigenvalue weighted by Crippen LogP contribution is 2.25. The maximum absolute atomic E-state index is 11.7. The van der Waals surface area contributed by atoms with E-state index in [1.807, 2.05) is 0 Å². The van der Waals surface area contributed by atoms with Crippen molar-refractivity contribution < 1.29 is 13.2 Å². The van der Waals surface area contributed by atoms with Gasteiger partial charge in [0.1, 0.15) is 0 Å². The van der Waals surface area contributed by atoms with E-state index < -0.39 is 10.0 Å². The second kappa shape index (κ2) is 9.38. The molecule has 1 aliphatic rings. The SMILES string of the molecule is CS(=O)(=O)NC1CCCC1CNC(=O)CCCCCCN. The third-order valence-electron chi connectivity index (χ3n) is 3.94. The van der Waals surface area contributed by atoms with Gasteiger partial charge in [-0.1, -0.05) is 19.3 Å². The molecule has 1 saturated carbocycles. The number of nitrogens with two attached hydrogens (primary N) is 1. The number of hydrogen-bond acceptors (Lipinski definition) is 4. The molecule has 1 aliphatic carbocycles. The Morgan fingerprint density at radius 2 is 1.90 bits per heavy atom. The fourth-order valence-electron chi connectivity index (χ4n) is 2.83. The lowest BCUT2D eigenvalue weighted by atomic mass is 10.0. The van der Waals surface area contributed by atoms with E-state index in [1.165, 1.54) is 6.26 Å². The van der Waals surface area contributed by atoms with E-state index in [-0.39, 0.29) is 17.9 Å². The highest BCUT2D eigenvalue weighted by Gasteiger charge is 2.29. The van der Waals surface area contributed by atoms with Crippen LogP contribution in [0.1, 0.15) is 51.4 Å². The van der Waals surface area contributed by atoms with Crippen LogP contribution < -0.4 is 15.8 Å². The fraction of sp³-hybridized carbons (Fsp3) is 0.929. The van der Waals surface area contributed by atoms with Crippen molar-refractivity contribution in [2.75, 3.05) is 19.3 Å². The van der Waals surface area contributed by atoms with Crippen LogP contribution in [0.5, 0.6) is 0 Å². The van der Waals surface area contributed by atoms with Crippen LogP contribution in [0.2, 0.25) is 0 Å². The summed E-state index contributed by atoms with van der Waals surface area (Å²) < 4.78 is 25.2. The van der Waals surface area contributed by atoms with Gasteiger partial charge in [0.15, 0.2) is 0 Å². The Balaban J connectivity index is 2.19. The lowest BCUT2D eigenvalue weighted by Crippen LogP contribution is -2.41. The van der Waals surface area contributed by atoms with Crippen molar-refractivity contribution in [1.29, 1.82) is 0 Å². The summed E-state index contributed by atoms with van der Waals surface area (Å²) in [6, 6.07) is -0.0372. The first kappa shape index (κ1) is 18.4. The summed E-state index contributed by atoms with van der Waals surface area (Å²) in [6.07, 6.45) is 8.57. The summed E-state index contributed by atoms with van der Waals surface area (Å²) >= 11 is 0.